The summed E-state index contributed by atoms with van der Waals surface area (Å²) in [4.78, 5) is 0. The van der Waals surface area contributed by atoms with Gasteiger partial charge in [-0.2, -0.15) is 0 Å². The predicted octanol–water partition coefficient (Wildman–Crippen LogP) is 3.74. The Morgan fingerprint density at radius 2 is 2.15 bits per heavy atom. The van der Waals surface area contributed by atoms with E-state index in [1.165, 1.54) is 18.9 Å². The average molecular weight is 279 g/mol. The molecule has 1 aromatic carbocycles. The van der Waals surface area contributed by atoms with E-state index in [2.05, 4.69) is 5.32 Å². The summed E-state index contributed by atoms with van der Waals surface area (Å²) in [5.41, 5.74) is 0.579. The first-order chi connectivity index (χ1) is 9.71. The zero-order valence-corrected chi connectivity index (χ0v) is 12.0. The molecule has 1 aromatic rings. The first kappa shape index (κ1) is 13.7. The van der Waals surface area contributed by atoms with Gasteiger partial charge >= 0.3 is 0 Å². The van der Waals surface area contributed by atoms with Gasteiger partial charge in [0.25, 0.3) is 0 Å². The summed E-state index contributed by atoms with van der Waals surface area (Å²) in [6.07, 6.45) is 6.69. The van der Waals surface area contributed by atoms with Crippen LogP contribution in [0.3, 0.4) is 0 Å². The molecule has 2 fully saturated rings. The fourth-order valence-corrected chi connectivity index (χ4v) is 3.48. The molecule has 1 unspecified atom stereocenters. The van der Waals surface area contributed by atoms with Gasteiger partial charge in [-0.05, 0) is 37.8 Å². The molecule has 1 heterocycles. The molecule has 0 radical (unpaired) electrons. The first-order valence-corrected chi connectivity index (χ1v) is 7.45. The van der Waals surface area contributed by atoms with Gasteiger partial charge in [-0.1, -0.05) is 12.8 Å². The second-order valence-corrected chi connectivity index (χ2v) is 5.92. The van der Waals surface area contributed by atoms with Crippen molar-refractivity contribution in [2.75, 3.05) is 19.0 Å². The van der Waals surface area contributed by atoms with Gasteiger partial charge < -0.3 is 14.8 Å². The molecule has 1 spiro atoms. The zero-order valence-electron chi connectivity index (χ0n) is 12.0. The Labute approximate surface area is 119 Å². The summed E-state index contributed by atoms with van der Waals surface area (Å²) in [6, 6.07) is 5.10. The van der Waals surface area contributed by atoms with E-state index >= 15 is 0 Å². The molecular formula is C16H22FNO2. The van der Waals surface area contributed by atoms with Crippen LogP contribution in [0.25, 0.3) is 0 Å². The van der Waals surface area contributed by atoms with Gasteiger partial charge in [-0.3, -0.25) is 0 Å². The van der Waals surface area contributed by atoms with Gasteiger partial charge in [0.1, 0.15) is 11.6 Å². The number of anilines is 1. The lowest BCUT2D eigenvalue weighted by atomic mass is 9.89. The monoisotopic (exact) mass is 279 g/mol. The van der Waals surface area contributed by atoms with Crippen molar-refractivity contribution in [3.8, 4) is 5.75 Å². The largest absolute Gasteiger partial charge is 0.497 e. The Hall–Kier alpha value is -1.29. The smallest absolute Gasteiger partial charge is 0.146 e. The summed E-state index contributed by atoms with van der Waals surface area (Å²) < 4.78 is 25.1. The van der Waals surface area contributed by atoms with Gasteiger partial charge in [0, 0.05) is 18.7 Å². The van der Waals surface area contributed by atoms with E-state index in [0.717, 1.165) is 32.3 Å². The van der Waals surface area contributed by atoms with Crippen LogP contribution in [0.1, 0.15) is 38.5 Å². The fourth-order valence-electron chi connectivity index (χ4n) is 3.48. The molecule has 1 N–H and O–H groups in total. The molecule has 1 aliphatic carbocycles. The SMILES string of the molecule is COc1ccc(F)c(NC2CCOC3(CCCC3)C2)c1. The average Bonchev–Trinajstić information content (AvgIpc) is 2.89. The molecule has 0 aromatic heterocycles. The number of methoxy groups -OCH3 is 1. The minimum absolute atomic E-state index is 0.0469. The molecule has 110 valence electrons. The van der Waals surface area contributed by atoms with E-state index in [0.29, 0.717) is 11.4 Å². The van der Waals surface area contributed by atoms with Crippen LogP contribution in [0.4, 0.5) is 10.1 Å². The number of hydrogen-bond donors (Lipinski definition) is 1. The molecular weight excluding hydrogens is 257 g/mol. The highest BCUT2D eigenvalue weighted by atomic mass is 19.1. The molecule has 1 saturated carbocycles. The van der Waals surface area contributed by atoms with Crippen molar-refractivity contribution >= 4 is 5.69 Å². The molecule has 1 atom stereocenters. The van der Waals surface area contributed by atoms with E-state index < -0.39 is 0 Å². The summed E-state index contributed by atoms with van der Waals surface area (Å²) >= 11 is 0. The van der Waals surface area contributed by atoms with Crippen molar-refractivity contribution < 1.29 is 13.9 Å². The maximum atomic E-state index is 13.9. The van der Waals surface area contributed by atoms with Crippen LogP contribution in [-0.4, -0.2) is 25.4 Å². The Bertz CT molecular complexity index is 472. The minimum atomic E-state index is -0.224. The van der Waals surface area contributed by atoms with Gasteiger partial charge in [-0.15, -0.1) is 0 Å². The third-order valence-corrected chi connectivity index (χ3v) is 4.54. The van der Waals surface area contributed by atoms with Crippen molar-refractivity contribution in [3.63, 3.8) is 0 Å². The minimum Gasteiger partial charge on any atom is -0.497 e. The van der Waals surface area contributed by atoms with E-state index in [1.807, 2.05) is 0 Å². The zero-order chi connectivity index (χ0) is 14.0. The second kappa shape index (κ2) is 5.60. The maximum absolute atomic E-state index is 13.9. The molecule has 3 nitrogen and oxygen atoms in total. The quantitative estimate of drug-likeness (QED) is 0.914. The van der Waals surface area contributed by atoms with Crippen LogP contribution in [-0.2, 0) is 4.74 Å². The molecule has 4 heteroatoms. The van der Waals surface area contributed by atoms with Gasteiger partial charge in [0.15, 0.2) is 0 Å². The number of nitrogens with one attached hydrogen (secondary N) is 1. The third-order valence-electron chi connectivity index (χ3n) is 4.54. The van der Waals surface area contributed by atoms with Crippen LogP contribution in [0.5, 0.6) is 5.75 Å². The highest BCUT2D eigenvalue weighted by Gasteiger charge is 2.39. The molecule has 3 rings (SSSR count). The number of ether oxygens (including phenoxy) is 2. The van der Waals surface area contributed by atoms with E-state index in [1.54, 1.807) is 19.2 Å². The highest BCUT2D eigenvalue weighted by molar-refractivity contribution is 5.50. The van der Waals surface area contributed by atoms with Gasteiger partial charge in [0.2, 0.25) is 0 Å². The van der Waals surface area contributed by atoms with Crippen LogP contribution in [0.2, 0.25) is 0 Å². The summed E-state index contributed by atoms with van der Waals surface area (Å²) in [5.74, 6) is 0.453. The van der Waals surface area contributed by atoms with Crippen LogP contribution >= 0.6 is 0 Å². The number of rotatable bonds is 3. The normalized spacial score (nSPS) is 24.8. The predicted molar refractivity (Wildman–Crippen MR) is 76.7 cm³/mol. The van der Waals surface area contributed by atoms with Crippen molar-refractivity contribution in [1.29, 1.82) is 0 Å². The second-order valence-electron chi connectivity index (χ2n) is 5.92. The molecule has 1 aliphatic heterocycles. The molecule has 2 aliphatic rings. The maximum Gasteiger partial charge on any atom is 0.146 e. The molecule has 1 saturated heterocycles. The Balaban J connectivity index is 1.71. The molecule has 0 amide bonds. The Kier molecular flexibility index (Phi) is 3.83. The standard InChI is InChI=1S/C16H22FNO2/c1-19-13-4-5-14(17)15(10-13)18-12-6-9-20-16(11-12)7-2-3-8-16/h4-5,10,12,18H,2-3,6-9,11H2,1H3. The van der Waals surface area contributed by atoms with E-state index in [9.17, 15) is 4.39 Å². The van der Waals surface area contributed by atoms with Gasteiger partial charge in [-0.25, -0.2) is 4.39 Å². The van der Waals surface area contributed by atoms with E-state index in [-0.39, 0.29) is 17.5 Å². The van der Waals surface area contributed by atoms with Crippen molar-refractivity contribution in [2.45, 2.75) is 50.2 Å². The van der Waals surface area contributed by atoms with Crippen molar-refractivity contribution in [1.82, 2.24) is 0 Å². The number of benzene rings is 1. The fraction of sp³-hybridized carbons (Fsp3) is 0.625. The lowest BCUT2D eigenvalue weighted by Crippen LogP contribution is -2.42. The highest BCUT2D eigenvalue weighted by Crippen LogP contribution is 2.40. The molecule has 20 heavy (non-hydrogen) atoms. The lowest BCUT2D eigenvalue weighted by molar-refractivity contribution is -0.0767. The number of halogens is 1. The molecule has 0 bridgehead atoms. The first-order valence-electron chi connectivity index (χ1n) is 7.45. The van der Waals surface area contributed by atoms with Crippen LogP contribution in [0.15, 0.2) is 18.2 Å². The summed E-state index contributed by atoms with van der Waals surface area (Å²) in [7, 11) is 1.60. The topological polar surface area (TPSA) is 30.5 Å². The van der Waals surface area contributed by atoms with Gasteiger partial charge in [0.05, 0.1) is 18.4 Å². The summed E-state index contributed by atoms with van der Waals surface area (Å²) in [5, 5.41) is 3.34. The van der Waals surface area contributed by atoms with Crippen LogP contribution < -0.4 is 10.1 Å². The van der Waals surface area contributed by atoms with E-state index in [4.69, 9.17) is 9.47 Å². The number of hydrogen-bond acceptors (Lipinski definition) is 3. The van der Waals surface area contributed by atoms with Crippen LogP contribution in [0, 0.1) is 5.82 Å². The third kappa shape index (κ3) is 2.75. The Morgan fingerprint density at radius 1 is 1.35 bits per heavy atom. The lowest BCUT2D eigenvalue weighted by Gasteiger charge is -2.39. The Morgan fingerprint density at radius 3 is 2.90 bits per heavy atom. The summed E-state index contributed by atoms with van der Waals surface area (Å²) in [6.45, 7) is 0.767. The van der Waals surface area contributed by atoms with Crippen molar-refractivity contribution in [3.05, 3.63) is 24.0 Å². The van der Waals surface area contributed by atoms with Crippen molar-refractivity contribution in [2.24, 2.45) is 0 Å².